The van der Waals surface area contributed by atoms with Crippen molar-refractivity contribution < 1.29 is 31.8 Å². The van der Waals surface area contributed by atoms with Crippen LogP contribution in [-0.2, 0) is 13.2 Å². The highest BCUT2D eigenvalue weighted by atomic mass is 19.4. The Kier molecular flexibility index (Phi) is 8.08. The molecule has 246 valence electrons. The van der Waals surface area contributed by atoms with E-state index in [1.54, 1.807) is 56.3 Å². The van der Waals surface area contributed by atoms with E-state index in [9.17, 15) is 31.9 Å². The van der Waals surface area contributed by atoms with Crippen molar-refractivity contribution in [1.29, 1.82) is 0 Å². The molecule has 0 spiro atoms. The number of amides is 1. The van der Waals surface area contributed by atoms with E-state index < -0.39 is 52.4 Å². The molecule has 0 saturated heterocycles. The summed E-state index contributed by atoms with van der Waals surface area (Å²) < 4.78 is 72.4. The zero-order valence-corrected chi connectivity index (χ0v) is 25.4. The zero-order valence-electron chi connectivity index (χ0n) is 25.4. The van der Waals surface area contributed by atoms with Crippen LogP contribution in [0.3, 0.4) is 0 Å². The van der Waals surface area contributed by atoms with E-state index in [1.165, 1.54) is 22.8 Å². The van der Waals surface area contributed by atoms with Gasteiger partial charge < -0.3 is 14.0 Å². The van der Waals surface area contributed by atoms with Gasteiger partial charge in [0, 0.05) is 36.7 Å². The fraction of sp³-hybridized carbons (Fsp3) is 0.156. The molecule has 16 heteroatoms. The SMILES string of the molecule is CC(C)n1cc(OC(=O)Nc2ccc(Oc3cc(-c4cn(C)cn4)cn4nccc34)c(C(F)(F)F)c2)c(=O)n(-c2ccc(F)cc2)c1=O. The Bertz CT molecular complexity index is 2290. The summed E-state index contributed by atoms with van der Waals surface area (Å²) in [6, 6.07) is 9.94. The molecule has 0 aliphatic carbocycles. The molecule has 6 rings (SSSR count). The largest absolute Gasteiger partial charge is 0.454 e. The Morgan fingerprint density at radius 1 is 0.938 bits per heavy atom. The van der Waals surface area contributed by atoms with Crippen molar-refractivity contribution in [2.75, 3.05) is 5.32 Å². The molecule has 4 heterocycles. The van der Waals surface area contributed by atoms with Gasteiger partial charge in [0.05, 0.1) is 30.1 Å². The maximum absolute atomic E-state index is 14.3. The standard InChI is InChI=1S/C32H25F4N7O5/c1-18(2)41-16-28(29(44)43(31(41)46)22-7-4-20(33)5-8-22)48-30(45)39-21-6-9-26(23(13-21)32(34,35)36)47-27-12-19(24-15-40(3)17-37-24)14-42-25(27)10-11-38-42/h4-18H,1-3H3,(H,39,45). The van der Waals surface area contributed by atoms with Crippen LogP contribution in [0.4, 0.5) is 28.0 Å². The van der Waals surface area contributed by atoms with Gasteiger partial charge in [0.25, 0.3) is 0 Å². The van der Waals surface area contributed by atoms with Crippen molar-refractivity contribution in [3.8, 4) is 34.2 Å². The molecule has 0 aliphatic heterocycles. The van der Waals surface area contributed by atoms with Crippen molar-refractivity contribution in [2.24, 2.45) is 7.05 Å². The molecule has 0 aliphatic rings. The van der Waals surface area contributed by atoms with Gasteiger partial charge in [-0.2, -0.15) is 18.3 Å². The number of hydrogen-bond donors (Lipinski definition) is 1. The first-order valence-electron chi connectivity index (χ1n) is 14.3. The van der Waals surface area contributed by atoms with E-state index >= 15 is 0 Å². The van der Waals surface area contributed by atoms with Gasteiger partial charge in [0.2, 0.25) is 5.75 Å². The van der Waals surface area contributed by atoms with Gasteiger partial charge in [-0.1, -0.05) is 0 Å². The predicted molar refractivity (Wildman–Crippen MR) is 165 cm³/mol. The fourth-order valence-corrected chi connectivity index (χ4v) is 4.87. The molecular weight excluding hydrogens is 638 g/mol. The van der Waals surface area contributed by atoms with Gasteiger partial charge in [-0.05, 0) is 68.4 Å². The van der Waals surface area contributed by atoms with Crippen molar-refractivity contribution in [3.63, 3.8) is 0 Å². The quantitative estimate of drug-likeness (QED) is 0.202. The minimum Gasteiger partial charge on any atom is -0.454 e. The third-order valence-corrected chi connectivity index (χ3v) is 7.15. The third-order valence-electron chi connectivity index (χ3n) is 7.15. The summed E-state index contributed by atoms with van der Waals surface area (Å²) in [5, 5.41) is 6.36. The van der Waals surface area contributed by atoms with Gasteiger partial charge in [0.1, 0.15) is 22.6 Å². The molecule has 1 N–H and O–H groups in total. The lowest BCUT2D eigenvalue weighted by atomic mass is 10.1. The zero-order chi connectivity index (χ0) is 34.3. The summed E-state index contributed by atoms with van der Waals surface area (Å²) in [6.07, 6.45) is 1.22. The number of benzene rings is 2. The summed E-state index contributed by atoms with van der Waals surface area (Å²) in [5.74, 6) is -1.70. The number of anilines is 1. The first kappa shape index (κ1) is 31.8. The van der Waals surface area contributed by atoms with E-state index in [0.717, 1.165) is 35.0 Å². The van der Waals surface area contributed by atoms with Gasteiger partial charge in [0.15, 0.2) is 5.75 Å². The van der Waals surface area contributed by atoms with Crippen molar-refractivity contribution >= 4 is 17.3 Å². The molecule has 48 heavy (non-hydrogen) atoms. The van der Waals surface area contributed by atoms with Crippen LogP contribution in [-0.4, -0.2) is 34.4 Å². The molecule has 0 unspecified atom stereocenters. The van der Waals surface area contributed by atoms with Crippen LogP contribution in [0.15, 0.2) is 95.3 Å². The minimum absolute atomic E-state index is 0.0100. The molecule has 0 bridgehead atoms. The second-order valence-electron chi connectivity index (χ2n) is 10.9. The van der Waals surface area contributed by atoms with Crippen LogP contribution < -0.4 is 26.0 Å². The van der Waals surface area contributed by atoms with Crippen LogP contribution in [0, 0.1) is 5.82 Å². The topological polar surface area (TPSA) is 127 Å². The van der Waals surface area contributed by atoms with Crippen LogP contribution in [0.25, 0.3) is 22.5 Å². The average Bonchev–Trinajstić information content (AvgIpc) is 3.69. The number of aryl methyl sites for hydroxylation is 1. The third kappa shape index (κ3) is 6.27. The number of nitrogens with one attached hydrogen (secondary N) is 1. The molecule has 6 aromatic rings. The first-order chi connectivity index (χ1) is 22.8. The lowest BCUT2D eigenvalue weighted by Gasteiger charge is -2.17. The molecule has 0 radical (unpaired) electrons. The number of hydrogen-bond acceptors (Lipinski definition) is 7. The van der Waals surface area contributed by atoms with Crippen molar-refractivity contribution in [2.45, 2.75) is 26.1 Å². The van der Waals surface area contributed by atoms with Gasteiger partial charge >= 0.3 is 23.5 Å². The number of pyridine rings is 1. The van der Waals surface area contributed by atoms with E-state index in [2.05, 4.69) is 15.4 Å². The monoisotopic (exact) mass is 663 g/mol. The van der Waals surface area contributed by atoms with Gasteiger partial charge in [-0.15, -0.1) is 0 Å². The Morgan fingerprint density at radius 3 is 2.35 bits per heavy atom. The molecular formula is C32H25F4N7O5. The Morgan fingerprint density at radius 2 is 1.69 bits per heavy atom. The predicted octanol–water partition coefficient (Wildman–Crippen LogP) is 6.19. The fourth-order valence-electron chi connectivity index (χ4n) is 4.87. The molecule has 0 fully saturated rings. The second-order valence-corrected chi connectivity index (χ2v) is 10.9. The molecule has 4 aromatic heterocycles. The van der Waals surface area contributed by atoms with E-state index in [4.69, 9.17) is 9.47 Å². The first-order valence-corrected chi connectivity index (χ1v) is 14.3. The highest BCUT2D eigenvalue weighted by Crippen LogP contribution is 2.41. The number of aromatic nitrogens is 6. The van der Waals surface area contributed by atoms with E-state index in [1.807, 2.05) is 0 Å². The number of carbonyl (C=O) groups excluding carboxylic acids is 1. The number of halogens is 4. The number of carbonyl (C=O) groups is 1. The Balaban J connectivity index is 1.30. The van der Waals surface area contributed by atoms with Gasteiger partial charge in [-0.25, -0.2) is 28.0 Å². The van der Waals surface area contributed by atoms with Crippen LogP contribution in [0.2, 0.25) is 0 Å². The molecule has 0 atom stereocenters. The summed E-state index contributed by atoms with van der Waals surface area (Å²) in [4.78, 5) is 43.4. The lowest BCUT2D eigenvalue weighted by Crippen LogP contribution is -2.40. The minimum atomic E-state index is -4.91. The molecule has 0 saturated carbocycles. The van der Waals surface area contributed by atoms with E-state index in [0.29, 0.717) is 27.4 Å². The summed E-state index contributed by atoms with van der Waals surface area (Å²) >= 11 is 0. The van der Waals surface area contributed by atoms with Crippen molar-refractivity contribution in [3.05, 3.63) is 118 Å². The van der Waals surface area contributed by atoms with Crippen LogP contribution in [0.5, 0.6) is 17.2 Å². The Hall–Kier alpha value is -6.19. The molecule has 12 nitrogen and oxygen atoms in total. The maximum atomic E-state index is 14.3. The van der Waals surface area contributed by atoms with Crippen molar-refractivity contribution in [1.82, 2.24) is 28.3 Å². The smallest absolute Gasteiger partial charge is 0.420 e. The lowest BCUT2D eigenvalue weighted by molar-refractivity contribution is -0.138. The number of alkyl halides is 3. The number of fused-ring (bicyclic) bond motifs is 1. The Labute approximate surface area is 268 Å². The van der Waals surface area contributed by atoms with Crippen LogP contribution in [0.1, 0.15) is 25.5 Å². The average molecular weight is 664 g/mol. The highest BCUT2D eigenvalue weighted by Gasteiger charge is 2.35. The van der Waals surface area contributed by atoms with Gasteiger partial charge in [-0.3, -0.25) is 14.7 Å². The second kappa shape index (κ2) is 12.2. The summed E-state index contributed by atoms with van der Waals surface area (Å²) in [5.41, 5.74) is -1.88. The number of nitrogens with zero attached hydrogens (tertiary/aromatic N) is 6. The maximum Gasteiger partial charge on any atom is 0.420 e. The normalized spacial score (nSPS) is 11.7. The summed E-state index contributed by atoms with van der Waals surface area (Å²) in [7, 11) is 1.77. The van der Waals surface area contributed by atoms with Crippen LogP contribution >= 0.6 is 0 Å². The molecule has 1 amide bonds. The highest BCUT2D eigenvalue weighted by molar-refractivity contribution is 5.86. The number of imidazole rings is 1. The summed E-state index contributed by atoms with van der Waals surface area (Å²) in [6.45, 7) is 3.28. The number of ether oxygens (including phenoxy) is 2. The van der Waals surface area contributed by atoms with E-state index in [-0.39, 0.29) is 17.1 Å². The molecule has 2 aromatic carbocycles. The number of rotatable bonds is 7.